The highest BCUT2D eigenvalue weighted by Gasteiger charge is 2.40. The monoisotopic (exact) mass is 595 g/mol. The fraction of sp³-hybridized carbons (Fsp3) is 0.429. The van der Waals surface area contributed by atoms with Gasteiger partial charge in [-0.05, 0) is 6.92 Å². The minimum atomic E-state index is -1.49. The van der Waals surface area contributed by atoms with Gasteiger partial charge in [-0.2, -0.15) is 0 Å². The molecule has 0 saturated heterocycles. The van der Waals surface area contributed by atoms with Gasteiger partial charge in [0.1, 0.15) is 39.6 Å². The van der Waals surface area contributed by atoms with Gasteiger partial charge in [-0.1, -0.05) is 32.9 Å². The van der Waals surface area contributed by atoms with E-state index >= 15 is 0 Å². The first kappa shape index (κ1) is 37.3. The summed E-state index contributed by atoms with van der Waals surface area (Å²) >= 11 is 0. The molecule has 0 unspecified atom stereocenters. The predicted molar refractivity (Wildman–Crippen MR) is 146 cm³/mol. The summed E-state index contributed by atoms with van der Waals surface area (Å²) in [5, 5.41) is 2.43. The minimum absolute atomic E-state index is 0.248. The normalized spacial score (nSPS) is 10.6. The topological polar surface area (TPSA) is 179 Å². The van der Waals surface area contributed by atoms with Crippen LogP contribution < -0.4 is 5.32 Å². The molecule has 0 fully saturated rings. The first-order valence-electron chi connectivity index (χ1n) is 12.4. The second-order valence-electron chi connectivity index (χ2n) is 8.66. The first-order chi connectivity index (χ1) is 19.9. The van der Waals surface area contributed by atoms with Crippen LogP contribution in [0.2, 0.25) is 0 Å². The van der Waals surface area contributed by atoms with Crippen LogP contribution in [0.3, 0.4) is 0 Å². The van der Waals surface area contributed by atoms with Crippen molar-refractivity contribution in [1.29, 1.82) is 0 Å². The second kappa shape index (κ2) is 20.2. The third kappa shape index (κ3) is 15.2. The second-order valence-corrected chi connectivity index (χ2v) is 8.66. The van der Waals surface area contributed by atoms with Crippen molar-refractivity contribution in [3.05, 3.63) is 63.3 Å². The molecule has 1 amide bonds. The molecule has 14 nitrogen and oxygen atoms in total. The van der Waals surface area contributed by atoms with E-state index in [0.29, 0.717) is 0 Å². The van der Waals surface area contributed by atoms with Crippen LogP contribution >= 0.6 is 0 Å². The Morgan fingerprint density at radius 1 is 0.500 bits per heavy atom. The summed E-state index contributed by atoms with van der Waals surface area (Å²) < 4.78 is 36.9. The van der Waals surface area contributed by atoms with Crippen LogP contribution in [0.5, 0.6) is 0 Å². The molecule has 42 heavy (non-hydrogen) atoms. The average molecular weight is 596 g/mol. The lowest BCUT2D eigenvalue weighted by atomic mass is 9.90. The van der Waals surface area contributed by atoms with Crippen molar-refractivity contribution in [1.82, 2.24) is 5.32 Å². The molecule has 232 valence electrons. The van der Waals surface area contributed by atoms with Gasteiger partial charge in [0, 0.05) is 36.9 Å². The number of esters is 5. The van der Waals surface area contributed by atoms with Crippen molar-refractivity contribution in [3.63, 3.8) is 0 Å². The molecule has 0 heterocycles. The molecule has 0 aromatic carbocycles. The number of ether oxygens (including phenoxy) is 7. The largest absolute Gasteiger partial charge is 0.462 e. The van der Waals surface area contributed by atoms with E-state index in [9.17, 15) is 28.8 Å². The summed E-state index contributed by atoms with van der Waals surface area (Å²) in [6, 6.07) is 0. The zero-order chi connectivity index (χ0) is 32.0. The summed E-state index contributed by atoms with van der Waals surface area (Å²) in [7, 11) is 0. The molecule has 0 radical (unpaired) electrons. The average Bonchev–Trinajstić information content (AvgIpc) is 3.00. The number of amides is 1. The Bertz CT molecular complexity index is 933. The molecule has 0 rings (SSSR count). The van der Waals surface area contributed by atoms with Gasteiger partial charge in [-0.3, -0.25) is 0 Å². The van der Waals surface area contributed by atoms with Crippen LogP contribution in [0, 0.1) is 10.8 Å². The maximum atomic E-state index is 12.1. The molecule has 0 aromatic heterocycles. The highest BCUT2D eigenvalue weighted by molar-refractivity contribution is 5.82. The number of rotatable bonds is 22. The van der Waals surface area contributed by atoms with Gasteiger partial charge in [-0.15, -0.1) is 0 Å². The quantitative estimate of drug-likeness (QED) is 0.108. The summed E-state index contributed by atoms with van der Waals surface area (Å²) in [4.78, 5) is 71.3. The van der Waals surface area contributed by atoms with E-state index in [1.54, 1.807) is 6.92 Å². The lowest BCUT2D eigenvalue weighted by molar-refractivity contribution is -0.166. The van der Waals surface area contributed by atoms with Gasteiger partial charge in [0.15, 0.2) is 0 Å². The maximum absolute atomic E-state index is 12.1. The zero-order valence-electron chi connectivity index (χ0n) is 23.6. The highest BCUT2D eigenvalue weighted by Crippen LogP contribution is 2.26. The Morgan fingerprint density at radius 3 is 1.00 bits per heavy atom. The Hall–Kier alpha value is -4.72. The maximum Gasteiger partial charge on any atom is 0.407 e. The lowest BCUT2D eigenvalue weighted by Gasteiger charge is -2.35. The van der Waals surface area contributed by atoms with Gasteiger partial charge in [0.25, 0.3) is 0 Å². The lowest BCUT2D eigenvalue weighted by Crippen LogP contribution is -2.47. The Balaban J connectivity index is 6.32. The van der Waals surface area contributed by atoms with Crippen molar-refractivity contribution in [2.75, 3.05) is 59.4 Å². The third-order valence-corrected chi connectivity index (χ3v) is 5.08. The number of alkyl carbamates (subject to hydrolysis) is 1. The molecule has 0 aliphatic carbocycles. The SMILES string of the molecule is C=CC(=O)OCC(COCC(COC(=O)C=C)(COC(=O)C=C)COC(=O)NCC)(COC(=O)C=C)COC(=O)C=C. The molecule has 0 atom stereocenters. The summed E-state index contributed by atoms with van der Waals surface area (Å²) in [6.07, 6.45) is 3.65. The standard InChI is InChI=1S/C28H37NO13/c1-7-21(30)37-15-27(16-38-22(31)8-2,17-39-23(32)9-3)13-36-14-28(18-40-24(33)10-4,19-41-25(34)11-5)20-42-26(35)29-12-6/h7-11H,1-5,12-20H2,6H3,(H,29,35). The van der Waals surface area contributed by atoms with Crippen molar-refractivity contribution in [3.8, 4) is 0 Å². The van der Waals surface area contributed by atoms with E-state index in [0.717, 1.165) is 30.4 Å². The van der Waals surface area contributed by atoms with Crippen molar-refractivity contribution in [2.24, 2.45) is 10.8 Å². The van der Waals surface area contributed by atoms with E-state index in [-0.39, 0.29) is 6.54 Å². The fourth-order valence-electron chi connectivity index (χ4n) is 2.81. The number of carbonyl (C=O) groups excluding carboxylic acids is 6. The van der Waals surface area contributed by atoms with E-state index < -0.39 is 99.6 Å². The predicted octanol–water partition coefficient (Wildman–Crippen LogP) is 1.37. The van der Waals surface area contributed by atoms with Gasteiger partial charge in [0.05, 0.1) is 24.0 Å². The molecule has 0 bridgehead atoms. The van der Waals surface area contributed by atoms with Gasteiger partial charge in [-0.25, -0.2) is 28.8 Å². The molecule has 14 heteroatoms. The van der Waals surface area contributed by atoms with Gasteiger partial charge >= 0.3 is 35.9 Å². The van der Waals surface area contributed by atoms with Crippen molar-refractivity contribution in [2.45, 2.75) is 6.92 Å². The molecular formula is C28H37NO13. The van der Waals surface area contributed by atoms with Crippen LogP contribution in [0.15, 0.2) is 63.3 Å². The molecular weight excluding hydrogens is 558 g/mol. The van der Waals surface area contributed by atoms with Gasteiger partial charge < -0.3 is 38.5 Å². The minimum Gasteiger partial charge on any atom is -0.462 e. The summed E-state index contributed by atoms with van der Waals surface area (Å²) in [5.41, 5.74) is -2.97. The van der Waals surface area contributed by atoms with E-state index in [4.69, 9.17) is 33.2 Å². The summed E-state index contributed by atoms with van der Waals surface area (Å²) in [6.45, 7) is 14.8. The number of carbonyl (C=O) groups is 6. The third-order valence-electron chi connectivity index (χ3n) is 5.08. The zero-order valence-corrected chi connectivity index (χ0v) is 23.6. The van der Waals surface area contributed by atoms with Crippen LogP contribution in [0.1, 0.15) is 6.92 Å². The van der Waals surface area contributed by atoms with Crippen LogP contribution in [0.25, 0.3) is 0 Å². The number of hydrogen-bond acceptors (Lipinski definition) is 13. The number of nitrogens with one attached hydrogen (secondary N) is 1. The van der Waals surface area contributed by atoms with Crippen molar-refractivity contribution < 1.29 is 61.9 Å². The van der Waals surface area contributed by atoms with E-state index in [1.165, 1.54) is 0 Å². The van der Waals surface area contributed by atoms with Crippen LogP contribution in [-0.2, 0) is 57.1 Å². The molecule has 0 aliphatic rings. The highest BCUT2D eigenvalue weighted by atomic mass is 16.6. The molecule has 0 saturated carbocycles. The van der Waals surface area contributed by atoms with Crippen molar-refractivity contribution >= 4 is 35.9 Å². The smallest absolute Gasteiger partial charge is 0.407 e. The Kier molecular flexibility index (Phi) is 17.9. The molecule has 1 N–H and O–H groups in total. The van der Waals surface area contributed by atoms with E-state index in [2.05, 4.69) is 38.2 Å². The summed E-state index contributed by atoms with van der Waals surface area (Å²) in [5.74, 6) is -4.15. The first-order valence-corrected chi connectivity index (χ1v) is 12.4. The van der Waals surface area contributed by atoms with Crippen LogP contribution in [0.4, 0.5) is 4.79 Å². The van der Waals surface area contributed by atoms with E-state index in [1.807, 2.05) is 0 Å². The molecule has 0 spiro atoms. The number of hydrogen-bond donors (Lipinski definition) is 1. The van der Waals surface area contributed by atoms with Gasteiger partial charge in [0.2, 0.25) is 0 Å². The molecule has 0 aliphatic heterocycles. The van der Waals surface area contributed by atoms with Crippen LogP contribution in [-0.4, -0.2) is 95.3 Å². The fourth-order valence-corrected chi connectivity index (χ4v) is 2.81. The Labute approximate surface area is 243 Å². The Morgan fingerprint density at radius 2 is 0.762 bits per heavy atom. The molecule has 0 aromatic rings.